The number of hydrogen-bond acceptors (Lipinski definition) is 7. The van der Waals surface area contributed by atoms with Crippen LogP contribution in [0.5, 0.6) is 17.2 Å². The number of hydrogen-bond donors (Lipinski definition) is 2. The fourth-order valence-electron chi connectivity index (χ4n) is 2.98. The topological polar surface area (TPSA) is 99.7 Å². The summed E-state index contributed by atoms with van der Waals surface area (Å²) in [6.07, 6.45) is 0.524. The predicted molar refractivity (Wildman–Crippen MR) is 98.8 cm³/mol. The Kier molecular flexibility index (Phi) is 5.09. The van der Waals surface area contributed by atoms with Crippen molar-refractivity contribution in [3.8, 4) is 17.2 Å². The van der Waals surface area contributed by atoms with Gasteiger partial charge in [-0.15, -0.1) is 0 Å². The van der Waals surface area contributed by atoms with Crippen LogP contribution in [-0.2, 0) is 13.0 Å². The summed E-state index contributed by atoms with van der Waals surface area (Å²) in [6.45, 7) is -0.0145. The van der Waals surface area contributed by atoms with Crippen molar-refractivity contribution < 1.29 is 19.3 Å². The van der Waals surface area contributed by atoms with Crippen LogP contribution in [-0.4, -0.2) is 36.4 Å². The van der Waals surface area contributed by atoms with E-state index in [-0.39, 0.29) is 12.6 Å². The standard InChI is InChI=1S/C19H21N3O4/c1-24-15-9-13-14(8-11-5-4-6-12(7-11)10-23)21-19(20)22-16(13)18(26-3)17(15)25-2/h4-7,9,23H,8,10H2,1-3H3,(H2,20,21,22). The van der Waals surface area contributed by atoms with E-state index >= 15 is 0 Å². The summed E-state index contributed by atoms with van der Waals surface area (Å²) in [7, 11) is 4.64. The van der Waals surface area contributed by atoms with Crippen molar-refractivity contribution >= 4 is 16.9 Å². The highest BCUT2D eigenvalue weighted by Crippen LogP contribution is 2.43. The number of aromatic nitrogens is 2. The van der Waals surface area contributed by atoms with Crippen molar-refractivity contribution in [1.29, 1.82) is 0 Å². The van der Waals surface area contributed by atoms with E-state index in [1.807, 2.05) is 30.3 Å². The lowest BCUT2D eigenvalue weighted by Crippen LogP contribution is -2.05. The largest absolute Gasteiger partial charge is 0.493 e. The Bertz CT molecular complexity index is 944. The van der Waals surface area contributed by atoms with Gasteiger partial charge in [-0.05, 0) is 17.2 Å². The molecule has 26 heavy (non-hydrogen) atoms. The lowest BCUT2D eigenvalue weighted by Gasteiger charge is -2.16. The highest BCUT2D eigenvalue weighted by Gasteiger charge is 2.20. The summed E-state index contributed by atoms with van der Waals surface area (Å²) in [4.78, 5) is 8.74. The van der Waals surface area contributed by atoms with Gasteiger partial charge in [-0.25, -0.2) is 9.97 Å². The maximum absolute atomic E-state index is 9.35. The molecule has 1 aromatic heterocycles. The lowest BCUT2D eigenvalue weighted by atomic mass is 10.0. The van der Waals surface area contributed by atoms with E-state index in [0.29, 0.717) is 29.2 Å². The van der Waals surface area contributed by atoms with Crippen LogP contribution in [0.25, 0.3) is 10.9 Å². The van der Waals surface area contributed by atoms with Crippen molar-refractivity contribution in [3.05, 3.63) is 47.2 Å². The second kappa shape index (κ2) is 7.45. The van der Waals surface area contributed by atoms with Crippen molar-refractivity contribution in [2.75, 3.05) is 27.1 Å². The van der Waals surface area contributed by atoms with Crippen molar-refractivity contribution in [2.45, 2.75) is 13.0 Å². The molecule has 3 N–H and O–H groups in total. The van der Waals surface area contributed by atoms with Gasteiger partial charge in [0.1, 0.15) is 5.52 Å². The number of nitrogen functional groups attached to an aromatic ring is 1. The molecule has 0 spiro atoms. The highest BCUT2D eigenvalue weighted by molar-refractivity contribution is 5.92. The lowest BCUT2D eigenvalue weighted by molar-refractivity contribution is 0.281. The molecule has 2 aromatic carbocycles. The maximum atomic E-state index is 9.35. The molecule has 0 aliphatic carbocycles. The molecule has 0 aliphatic rings. The van der Waals surface area contributed by atoms with E-state index in [4.69, 9.17) is 19.9 Å². The first-order valence-electron chi connectivity index (χ1n) is 8.05. The van der Waals surface area contributed by atoms with Crippen LogP contribution < -0.4 is 19.9 Å². The average Bonchev–Trinajstić information content (AvgIpc) is 2.66. The molecule has 1 heterocycles. The molecule has 0 aliphatic heterocycles. The van der Waals surface area contributed by atoms with E-state index in [0.717, 1.165) is 22.2 Å². The molecule has 0 unspecified atom stereocenters. The van der Waals surface area contributed by atoms with E-state index < -0.39 is 0 Å². The molecular weight excluding hydrogens is 334 g/mol. The van der Waals surface area contributed by atoms with Gasteiger partial charge in [-0.3, -0.25) is 0 Å². The molecular formula is C19H21N3O4. The Morgan fingerprint density at radius 2 is 1.69 bits per heavy atom. The van der Waals surface area contributed by atoms with Crippen LogP contribution in [0.4, 0.5) is 5.95 Å². The van der Waals surface area contributed by atoms with Gasteiger partial charge in [0.2, 0.25) is 11.7 Å². The van der Waals surface area contributed by atoms with Crippen LogP contribution in [0.15, 0.2) is 30.3 Å². The molecule has 0 atom stereocenters. The minimum Gasteiger partial charge on any atom is -0.493 e. The Morgan fingerprint density at radius 3 is 2.35 bits per heavy atom. The second-order valence-corrected chi connectivity index (χ2v) is 5.72. The number of ether oxygens (including phenoxy) is 3. The minimum absolute atomic E-state index is 0.0145. The molecule has 0 amide bonds. The van der Waals surface area contributed by atoms with Crippen LogP contribution in [0.2, 0.25) is 0 Å². The van der Waals surface area contributed by atoms with E-state index in [1.165, 1.54) is 7.11 Å². The number of rotatable bonds is 6. The number of anilines is 1. The van der Waals surface area contributed by atoms with Gasteiger partial charge in [0, 0.05) is 11.8 Å². The first kappa shape index (κ1) is 17.8. The van der Waals surface area contributed by atoms with Gasteiger partial charge >= 0.3 is 0 Å². The van der Waals surface area contributed by atoms with Gasteiger partial charge in [-0.2, -0.15) is 0 Å². The van der Waals surface area contributed by atoms with Gasteiger partial charge in [0.25, 0.3) is 0 Å². The highest BCUT2D eigenvalue weighted by atomic mass is 16.5. The number of aliphatic hydroxyl groups excluding tert-OH is 1. The van der Waals surface area contributed by atoms with Crippen molar-refractivity contribution in [1.82, 2.24) is 9.97 Å². The second-order valence-electron chi connectivity index (χ2n) is 5.72. The molecule has 136 valence electrons. The third-order valence-corrected chi connectivity index (χ3v) is 4.14. The first-order chi connectivity index (χ1) is 12.6. The Hall–Kier alpha value is -3.06. The monoisotopic (exact) mass is 355 g/mol. The molecule has 0 saturated carbocycles. The number of nitrogens with two attached hydrogens (primary N) is 1. The number of fused-ring (bicyclic) bond motifs is 1. The summed E-state index contributed by atoms with van der Waals surface area (Å²) in [5.41, 5.74) is 9.07. The van der Waals surface area contributed by atoms with Crippen molar-refractivity contribution in [2.24, 2.45) is 0 Å². The summed E-state index contributed by atoms with van der Waals surface area (Å²) in [5, 5.41) is 10.1. The molecule has 3 aromatic rings. The van der Waals surface area contributed by atoms with E-state index in [1.54, 1.807) is 14.2 Å². The van der Waals surface area contributed by atoms with Crippen LogP contribution in [0, 0.1) is 0 Å². The molecule has 7 nitrogen and oxygen atoms in total. The fourth-order valence-corrected chi connectivity index (χ4v) is 2.98. The summed E-state index contributed by atoms with van der Waals surface area (Å²) in [5.74, 6) is 1.57. The number of methoxy groups -OCH3 is 3. The van der Waals surface area contributed by atoms with E-state index in [9.17, 15) is 5.11 Å². The third-order valence-electron chi connectivity index (χ3n) is 4.14. The van der Waals surface area contributed by atoms with Gasteiger partial charge in [0.15, 0.2) is 11.5 Å². The maximum Gasteiger partial charge on any atom is 0.220 e. The molecule has 0 bridgehead atoms. The number of benzene rings is 2. The van der Waals surface area contributed by atoms with Crippen LogP contribution in [0.3, 0.4) is 0 Å². The fraction of sp³-hybridized carbons (Fsp3) is 0.263. The molecule has 0 fully saturated rings. The Balaban J connectivity index is 2.21. The molecule has 7 heteroatoms. The summed E-state index contributed by atoms with van der Waals surface area (Å²) in [6, 6.07) is 9.50. The Morgan fingerprint density at radius 1 is 0.962 bits per heavy atom. The van der Waals surface area contributed by atoms with Crippen molar-refractivity contribution in [3.63, 3.8) is 0 Å². The number of nitrogens with zero attached hydrogens (tertiary/aromatic N) is 2. The zero-order valence-corrected chi connectivity index (χ0v) is 14.9. The molecule has 3 rings (SSSR count). The number of aliphatic hydroxyl groups is 1. The van der Waals surface area contributed by atoms with Gasteiger partial charge in [0.05, 0.1) is 33.6 Å². The average molecular weight is 355 g/mol. The van der Waals surface area contributed by atoms with E-state index in [2.05, 4.69) is 9.97 Å². The normalized spacial score (nSPS) is 10.8. The summed E-state index contributed by atoms with van der Waals surface area (Å²) >= 11 is 0. The zero-order chi connectivity index (χ0) is 18.7. The van der Waals surface area contributed by atoms with Crippen LogP contribution >= 0.6 is 0 Å². The SMILES string of the molecule is COc1cc2c(Cc3cccc(CO)c3)nc(N)nc2c(OC)c1OC. The first-order valence-corrected chi connectivity index (χ1v) is 8.05. The summed E-state index contributed by atoms with van der Waals surface area (Å²) < 4.78 is 16.4. The van der Waals surface area contributed by atoms with Crippen LogP contribution in [0.1, 0.15) is 16.8 Å². The van der Waals surface area contributed by atoms with Gasteiger partial charge in [-0.1, -0.05) is 24.3 Å². The van der Waals surface area contributed by atoms with Gasteiger partial charge < -0.3 is 25.1 Å². The molecule has 0 saturated heterocycles. The third kappa shape index (κ3) is 3.21. The minimum atomic E-state index is -0.0145. The zero-order valence-electron chi connectivity index (χ0n) is 14.9. The predicted octanol–water partition coefficient (Wildman–Crippen LogP) is 2.32. The quantitative estimate of drug-likeness (QED) is 0.700. The smallest absolute Gasteiger partial charge is 0.220 e. The molecule has 0 radical (unpaired) electrons. The Labute approximate surface area is 151 Å².